The molecule has 6 nitrogen and oxygen atoms in total. The van der Waals surface area contributed by atoms with Gasteiger partial charge in [0.2, 0.25) is 15.9 Å². The molecule has 1 unspecified atom stereocenters. The Morgan fingerprint density at radius 2 is 1.88 bits per heavy atom. The van der Waals surface area contributed by atoms with E-state index in [1.807, 2.05) is 36.4 Å². The first-order valence-electron chi connectivity index (χ1n) is 7.84. The quantitative estimate of drug-likeness (QED) is 0.914. The van der Waals surface area contributed by atoms with E-state index in [1.54, 1.807) is 18.2 Å². The Balaban J connectivity index is 1.92. The first-order valence-corrected chi connectivity index (χ1v) is 9.73. The molecule has 0 radical (unpaired) electrons. The van der Waals surface area contributed by atoms with Crippen LogP contribution in [0.3, 0.4) is 0 Å². The highest BCUT2D eigenvalue weighted by Crippen LogP contribution is 2.33. The number of sulfonamides is 1. The van der Waals surface area contributed by atoms with E-state index in [0.717, 1.165) is 23.1 Å². The standard InChI is InChI=1S/C18H19N3O3S/c1-13(22)21-18(14-7-4-3-5-8-14)12-17(19-21)15-9-6-10-16(11-15)20-25(2,23)24/h3-11,18,20H,12H2,1-2H3. The van der Waals surface area contributed by atoms with Crippen LogP contribution in [0.4, 0.5) is 5.69 Å². The van der Waals surface area contributed by atoms with Gasteiger partial charge in [0.05, 0.1) is 18.0 Å². The molecule has 0 saturated heterocycles. The van der Waals surface area contributed by atoms with Crippen LogP contribution in [0.25, 0.3) is 0 Å². The number of carbonyl (C=O) groups is 1. The predicted octanol–water partition coefficient (Wildman–Crippen LogP) is 2.76. The largest absolute Gasteiger partial charge is 0.284 e. The number of nitrogens with one attached hydrogen (secondary N) is 1. The molecule has 3 rings (SSSR count). The van der Waals surface area contributed by atoms with Crippen molar-refractivity contribution in [3.05, 3.63) is 65.7 Å². The van der Waals surface area contributed by atoms with Crippen LogP contribution in [0.5, 0.6) is 0 Å². The molecule has 0 saturated carbocycles. The van der Waals surface area contributed by atoms with Gasteiger partial charge >= 0.3 is 0 Å². The zero-order valence-corrected chi connectivity index (χ0v) is 14.8. The fourth-order valence-corrected chi connectivity index (χ4v) is 3.44. The topological polar surface area (TPSA) is 78.8 Å². The van der Waals surface area contributed by atoms with Crippen LogP contribution in [0.15, 0.2) is 59.7 Å². The summed E-state index contributed by atoms with van der Waals surface area (Å²) in [7, 11) is -3.35. The molecule has 0 bridgehead atoms. The van der Waals surface area contributed by atoms with E-state index < -0.39 is 10.0 Å². The number of anilines is 1. The summed E-state index contributed by atoms with van der Waals surface area (Å²) in [5.74, 6) is -0.130. The van der Waals surface area contributed by atoms with Crippen molar-refractivity contribution in [3.8, 4) is 0 Å². The van der Waals surface area contributed by atoms with E-state index in [1.165, 1.54) is 11.9 Å². The van der Waals surface area contributed by atoms with Crippen LogP contribution in [-0.4, -0.2) is 31.3 Å². The summed E-state index contributed by atoms with van der Waals surface area (Å²) >= 11 is 0. The fraction of sp³-hybridized carbons (Fsp3) is 0.222. The Hall–Kier alpha value is -2.67. The van der Waals surface area contributed by atoms with Crippen molar-refractivity contribution in [2.24, 2.45) is 5.10 Å². The second-order valence-electron chi connectivity index (χ2n) is 6.00. The molecule has 130 valence electrons. The Kier molecular flexibility index (Phi) is 4.59. The van der Waals surface area contributed by atoms with Gasteiger partial charge in [-0.15, -0.1) is 0 Å². The number of amides is 1. The number of nitrogens with zero attached hydrogens (tertiary/aromatic N) is 2. The highest BCUT2D eigenvalue weighted by molar-refractivity contribution is 7.92. The molecular weight excluding hydrogens is 338 g/mol. The Morgan fingerprint density at radius 1 is 1.16 bits per heavy atom. The Morgan fingerprint density at radius 3 is 2.52 bits per heavy atom. The first-order chi connectivity index (χ1) is 11.8. The Labute approximate surface area is 147 Å². The molecule has 0 fully saturated rings. The van der Waals surface area contributed by atoms with Crippen LogP contribution in [0.2, 0.25) is 0 Å². The van der Waals surface area contributed by atoms with Gasteiger partial charge in [-0.2, -0.15) is 5.10 Å². The van der Waals surface area contributed by atoms with Crippen LogP contribution in [0, 0.1) is 0 Å². The molecule has 2 aromatic carbocycles. The molecule has 1 aliphatic heterocycles. The molecule has 1 atom stereocenters. The molecule has 1 N–H and O–H groups in total. The van der Waals surface area contributed by atoms with E-state index in [0.29, 0.717) is 12.1 Å². The summed E-state index contributed by atoms with van der Waals surface area (Å²) in [5, 5.41) is 5.96. The summed E-state index contributed by atoms with van der Waals surface area (Å²) in [6.45, 7) is 1.49. The van der Waals surface area contributed by atoms with Gasteiger partial charge in [-0.05, 0) is 23.3 Å². The normalized spacial score (nSPS) is 17.3. The Bertz CT molecular complexity index is 924. The third-order valence-corrected chi connectivity index (χ3v) is 4.52. The second-order valence-corrected chi connectivity index (χ2v) is 7.74. The fourth-order valence-electron chi connectivity index (χ4n) is 2.89. The van der Waals surface area contributed by atoms with E-state index in [2.05, 4.69) is 9.82 Å². The zero-order valence-electron chi connectivity index (χ0n) is 14.0. The zero-order chi connectivity index (χ0) is 18.0. The lowest BCUT2D eigenvalue weighted by Gasteiger charge is -2.20. The number of hydrogen-bond acceptors (Lipinski definition) is 4. The molecular formula is C18H19N3O3S. The number of rotatable bonds is 4. The van der Waals surface area contributed by atoms with Crippen molar-refractivity contribution < 1.29 is 13.2 Å². The van der Waals surface area contributed by atoms with E-state index in [9.17, 15) is 13.2 Å². The van der Waals surface area contributed by atoms with Crippen molar-refractivity contribution in [2.75, 3.05) is 11.0 Å². The van der Waals surface area contributed by atoms with Gasteiger partial charge in [-0.3, -0.25) is 9.52 Å². The molecule has 2 aromatic rings. The third-order valence-electron chi connectivity index (χ3n) is 3.92. The molecule has 0 spiro atoms. The number of carbonyl (C=O) groups excluding carboxylic acids is 1. The van der Waals surface area contributed by atoms with Crippen molar-refractivity contribution in [1.82, 2.24) is 5.01 Å². The third kappa shape index (κ3) is 4.06. The molecule has 0 aliphatic carbocycles. The lowest BCUT2D eigenvalue weighted by atomic mass is 9.98. The summed E-state index contributed by atoms with van der Waals surface area (Å²) in [4.78, 5) is 12.0. The van der Waals surface area contributed by atoms with E-state index in [4.69, 9.17) is 0 Å². The van der Waals surface area contributed by atoms with Crippen molar-refractivity contribution in [2.45, 2.75) is 19.4 Å². The summed E-state index contributed by atoms with van der Waals surface area (Å²) in [6.07, 6.45) is 1.68. The SMILES string of the molecule is CC(=O)N1N=C(c2cccc(NS(C)(=O)=O)c2)CC1c1ccccc1. The summed E-state index contributed by atoms with van der Waals surface area (Å²) in [6, 6.07) is 16.6. The minimum absolute atomic E-state index is 0.130. The average Bonchev–Trinajstić information content (AvgIpc) is 3.00. The highest BCUT2D eigenvalue weighted by atomic mass is 32.2. The van der Waals surface area contributed by atoms with E-state index >= 15 is 0 Å². The molecule has 7 heteroatoms. The smallest absolute Gasteiger partial charge is 0.240 e. The second kappa shape index (κ2) is 6.68. The molecule has 1 amide bonds. The monoisotopic (exact) mass is 357 g/mol. The minimum Gasteiger partial charge on any atom is -0.284 e. The van der Waals surface area contributed by atoms with Crippen LogP contribution in [-0.2, 0) is 14.8 Å². The first kappa shape index (κ1) is 17.2. The number of hydrogen-bond donors (Lipinski definition) is 1. The maximum absolute atomic E-state index is 12.0. The van der Waals surface area contributed by atoms with E-state index in [-0.39, 0.29) is 11.9 Å². The van der Waals surface area contributed by atoms with Crippen LogP contribution >= 0.6 is 0 Å². The number of hydrazone groups is 1. The van der Waals surface area contributed by atoms with Gasteiger partial charge in [0.15, 0.2) is 0 Å². The average molecular weight is 357 g/mol. The minimum atomic E-state index is -3.35. The maximum atomic E-state index is 12.0. The lowest BCUT2D eigenvalue weighted by Crippen LogP contribution is -2.24. The summed E-state index contributed by atoms with van der Waals surface area (Å²) < 4.78 is 25.3. The van der Waals surface area contributed by atoms with Crippen molar-refractivity contribution in [1.29, 1.82) is 0 Å². The van der Waals surface area contributed by atoms with Crippen molar-refractivity contribution >= 4 is 27.3 Å². The summed E-state index contributed by atoms with van der Waals surface area (Å²) in [5.41, 5.74) is 3.03. The lowest BCUT2D eigenvalue weighted by molar-refractivity contribution is -0.130. The predicted molar refractivity (Wildman–Crippen MR) is 97.8 cm³/mol. The molecule has 1 heterocycles. The van der Waals surface area contributed by atoms with Gasteiger partial charge in [-0.25, -0.2) is 13.4 Å². The number of benzene rings is 2. The highest BCUT2D eigenvalue weighted by Gasteiger charge is 2.31. The molecule has 1 aliphatic rings. The van der Waals surface area contributed by atoms with Gasteiger partial charge < -0.3 is 0 Å². The van der Waals surface area contributed by atoms with Crippen molar-refractivity contribution in [3.63, 3.8) is 0 Å². The van der Waals surface area contributed by atoms with Crippen LogP contribution in [0.1, 0.15) is 30.5 Å². The van der Waals surface area contributed by atoms with Gasteiger partial charge in [0.25, 0.3) is 0 Å². The van der Waals surface area contributed by atoms with Gasteiger partial charge in [-0.1, -0.05) is 42.5 Å². The molecule has 0 aromatic heterocycles. The van der Waals surface area contributed by atoms with Crippen LogP contribution < -0.4 is 4.72 Å². The maximum Gasteiger partial charge on any atom is 0.240 e. The molecule has 25 heavy (non-hydrogen) atoms. The van der Waals surface area contributed by atoms with Gasteiger partial charge in [0.1, 0.15) is 0 Å². The van der Waals surface area contributed by atoms with Gasteiger partial charge in [0, 0.05) is 19.0 Å².